The highest BCUT2D eigenvalue weighted by molar-refractivity contribution is 5.41. The molecule has 0 aliphatic carbocycles. The first-order valence-electron chi connectivity index (χ1n) is 3.64. The molecular formula is C10H8N2. The van der Waals surface area contributed by atoms with Crippen molar-refractivity contribution in [2.24, 2.45) is 0 Å². The monoisotopic (exact) mass is 156 g/mol. The Morgan fingerprint density at radius 3 is 2.67 bits per heavy atom. The first kappa shape index (κ1) is 8.30. The average Bonchev–Trinajstić information content (AvgIpc) is 2.05. The van der Waals surface area contributed by atoms with Crippen molar-refractivity contribution in [2.45, 2.75) is 13.3 Å². The smallest absolute Gasteiger partial charge is 0.0994 e. The fourth-order valence-electron chi connectivity index (χ4n) is 1.06. The highest BCUT2D eigenvalue weighted by Gasteiger charge is 2.00. The van der Waals surface area contributed by atoms with E-state index in [4.69, 9.17) is 10.5 Å². The van der Waals surface area contributed by atoms with Crippen molar-refractivity contribution in [3.8, 4) is 12.1 Å². The van der Waals surface area contributed by atoms with Gasteiger partial charge in [0.05, 0.1) is 24.1 Å². The molecule has 0 saturated carbocycles. The van der Waals surface area contributed by atoms with Crippen molar-refractivity contribution in [1.82, 2.24) is 0 Å². The fraction of sp³-hybridized carbons (Fsp3) is 0.200. The molecule has 0 aliphatic heterocycles. The van der Waals surface area contributed by atoms with Crippen LogP contribution in [-0.4, -0.2) is 0 Å². The van der Waals surface area contributed by atoms with Gasteiger partial charge >= 0.3 is 0 Å². The van der Waals surface area contributed by atoms with Crippen LogP contribution in [0, 0.1) is 29.6 Å². The number of hydrogen-bond donors (Lipinski definition) is 0. The Morgan fingerprint density at radius 2 is 2.08 bits per heavy atom. The molecule has 0 bridgehead atoms. The summed E-state index contributed by atoms with van der Waals surface area (Å²) in [5, 5.41) is 17.1. The molecular weight excluding hydrogens is 148 g/mol. The first-order chi connectivity index (χ1) is 5.77. The maximum atomic E-state index is 8.68. The van der Waals surface area contributed by atoms with Crippen LogP contribution < -0.4 is 0 Å². The normalized spacial score (nSPS) is 8.58. The van der Waals surface area contributed by atoms with E-state index in [-0.39, 0.29) is 0 Å². The van der Waals surface area contributed by atoms with Gasteiger partial charge in [0.25, 0.3) is 0 Å². The molecule has 2 heteroatoms. The summed E-state index contributed by atoms with van der Waals surface area (Å²) >= 11 is 0. The van der Waals surface area contributed by atoms with Gasteiger partial charge in [-0.05, 0) is 18.6 Å². The van der Waals surface area contributed by atoms with Gasteiger partial charge in [-0.25, -0.2) is 0 Å². The van der Waals surface area contributed by atoms with Gasteiger partial charge in [0.15, 0.2) is 0 Å². The minimum absolute atomic E-state index is 0.310. The zero-order valence-electron chi connectivity index (χ0n) is 6.83. The van der Waals surface area contributed by atoms with Crippen LogP contribution in [0.5, 0.6) is 0 Å². The molecule has 1 aromatic carbocycles. The highest BCUT2D eigenvalue weighted by atomic mass is 14.3. The second kappa shape index (κ2) is 3.55. The molecule has 0 amide bonds. The van der Waals surface area contributed by atoms with E-state index >= 15 is 0 Å². The molecule has 1 aromatic rings. The summed E-state index contributed by atoms with van der Waals surface area (Å²) in [5.41, 5.74) is 2.50. The lowest BCUT2D eigenvalue weighted by Crippen LogP contribution is -1.88. The van der Waals surface area contributed by atoms with Crippen LogP contribution in [0.3, 0.4) is 0 Å². The second-order valence-electron chi connectivity index (χ2n) is 2.61. The van der Waals surface area contributed by atoms with Crippen LogP contribution >= 0.6 is 0 Å². The van der Waals surface area contributed by atoms with Crippen LogP contribution in [0.2, 0.25) is 0 Å². The van der Waals surface area contributed by atoms with E-state index in [1.54, 1.807) is 6.07 Å². The van der Waals surface area contributed by atoms with E-state index in [1.807, 2.05) is 25.1 Å². The summed E-state index contributed by atoms with van der Waals surface area (Å²) in [6, 6.07) is 9.59. The Labute approximate surface area is 71.7 Å². The molecule has 12 heavy (non-hydrogen) atoms. The maximum Gasteiger partial charge on any atom is 0.0994 e. The molecule has 58 valence electrons. The summed E-state index contributed by atoms with van der Waals surface area (Å²) in [6.07, 6.45) is 0.310. The van der Waals surface area contributed by atoms with E-state index in [0.717, 1.165) is 11.1 Å². The molecule has 0 saturated heterocycles. The number of rotatable bonds is 1. The van der Waals surface area contributed by atoms with Gasteiger partial charge < -0.3 is 0 Å². The van der Waals surface area contributed by atoms with Crippen molar-refractivity contribution in [3.63, 3.8) is 0 Å². The van der Waals surface area contributed by atoms with Crippen molar-refractivity contribution in [2.75, 3.05) is 0 Å². The fourth-order valence-corrected chi connectivity index (χ4v) is 1.06. The molecule has 0 aromatic heterocycles. The Hall–Kier alpha value is -1.80. The largest absolute Gasteiger partial charge is 0.198 e. The van der Waals surface area contributed by atoms with Crippen LogP contribution in [0.1, 0.15) is 16.7 Å². The van der Waals surface area contributed by atoms with Gasteiger partial charge in [-0.3, -0.25) is 0 Å². The predicted octanol–water partition coefficient (Wildman–Crippen LogP) is 1.93. The van der Waals surface area contributed by atoms with E-state index in [9.17, 15) is 0 Å². The molecule has 0 atom stereocenters. The molecule has 0 fully saturated rings. The Balaban J connectivity index is 3.16. The lowest BCUT2D eigenvalue weighted by atomic mass is 10.0. The predicted molar refractivity (Wildman–Crippen MR) is 45.2 cm³/mol. The Bertz CT molecular complexity index is 366. The average molecular weight is 156 g/mol. The molecule has 0 aliphatic rings. The SMILES string of the molecule is Cc1ccc(C#N)c(CC#N)c1. The minimum Gasteiger partial charge on any atom is -0.198 e. The summed E-state index contributed by atoms with van der Waals surface area (Å²) in [6.45, 7) is 1.95. The van der Waals surface area contributed by atoms with Crippen molar-refractivity contribution in [3.05, 3.63) is 34.9 Å². The Morgan fingerprint density at radius 1 is 1.33 bits per heavy atom. The van der Waals surface area contributed by atoms with E-state index < -0.39 is 0 Å². The van der Waals surface area contributed by atoms with E-state index in [1.165, 1.54) is 0 Å². The van der Waals surface area contributed by atoms with Gasteiger partial charge in [0, 0.05) is 0 Å². The van der Waals surface area contributed by atoms with Crippen LogP contribution in [0.4, 0.5) is 0 Å². The van der Waals surface area contributed by atoms with E-state index in [0.29, 0.717) is 12.0 Å². The third-order valence-corrected chi connectivity index (χ3v) is 1.65. The zero-order chi connectivity index (χ0) is 8.97. The number of aryl methyl sites for hydroxylation is 1. The van der Waals surface area contributed by atoms with Crippen LogP contribution in [0.25, 0.3) is 0 Å². The van der Waals surface area contributed by atoms with Gasteiger partial charge in [-0.1, -0.05) is 17.7 Å². The van der Waals surface area contributed by atoms with Crippen molar-refractivity contribution in [1.29, 1.82) is 10.5 Å². The van der Waals surface area contributed by atoms with Gasteiger partial charge in [-0.2, -0.15) is 10.5 Å². The van der Waals surface area contributed by atoms with Crippen LogP contribution in [0.15, 0.2) is 18.2 Å². The summed E-state index contributed by atoms with van der Waals surface area (Å²) in [4.78, 5) is 0. The van der Waals surface area contributed by atoms with Crippen molar-refractivity contribution >= 4 is 0 Å². The third kappa shape index (κ3) is 1.62. The summed E-state index contributed by atoms with van der Waals surface area (Å²) in [7, 11) is 0. The molecule has 0 unspecified atom stereocenters. The molecule has 2 nitrogen and oxygen atoms in total. The molecule has 0 N–H and O–H groups in total. The van der Waals surface area contributed by atoms with Crippen molar-refractivity contribution < 1.29 is 0 Å². The topological polar surface area (TPSA) is 47.6 Å². The van der Waals surface area contributed by atoms with Gasteiger partial charge in [0.2, 0.25) is 0 Å². The summed E-state index contributed by atoms with van der Waals surface area (Å²) < 4.78 is 0. The molecule has 0 spiro atoms. The number of hydrogen-bond acceptors (Lipinski definition) is 2. The zero-order valence-corrected chi connectivity index (χ0v) is 6.83. The lowest BCUT2D eigenvalue weighted by molar-refractivity contribution is 1.22. The standard InChI is InChI=1S/C10H8N2/c1-8-2-3-10(7-12)9(6-8)4-5-11/h2-3,6H,4H2,1H3. The lowest BCUT2D eigenvalue weighted by Gasteiger charge is -1.99. The Kier molecular flexibility index (Phi) is 2.46. The number of nitrogens with zero attached hydrogens (tertiary/aromatic N) is 2. The minimum atomic E-state index is 0.310. The second-order valence-corrected chi connectivity index (χ2v) is 2.61. The quantitative estimate of drug-likeness (QED) is 0.623. The van der Waals surface area contributed by atoms with E-state index in [2.05, 4.69) is 6.07 Å². The van der Waals surface area contributed by atoms with Crippen LogP contribution in [-0.2, 0) is 6.42 Å². The molecule has 1 rings (SSSR count). The maximum absolute atomic E-state index is 8.68. The summed E-state index contributed by atoms with van der Waals surface area (Å²) in [5.74, 6) is 0. The van der Waals surface area contributed by atoms with Gasteiger partial charge in [0.1, 0.15) is 0 Å². The number of benzene rings is 1. The van der Waals surface area contributed by atoms with Gasteiger partial charge in [-0.15, -0.1) is 0 Å². The molecule has 0 radical (unpaired) electrons. The highest BCUT2D eigenvalue weighted by Crippen LogP contribution is 2.10. The third-order valence-electron chi connectivity index (χ3n) is 1.65. The molecule has 0 heterocycles. The first-order valence-corrected chi connectivity index (χ1v) is 3.64. The number of nitriles is 2.